The molecule has 0 bridgehead atoms. The van der Waals surface area contributed by atoms with Gasteiger partial charge in [-0.1, -0.05) is 0 Å². The molecule has 1 aromatic heterocycles. The molecule has 0 fully saturated rings. The van der Waals surface area contributed by atoms with E-state index in [4.69, 9.17) is 10.5 Å². The number of hydrogen-bond donors (Lipinski definition) is 1. The summed E-state index contributed by atoms with van der Waals surface area (Å²) in [5.74, 6) is -1.18. The summed E-state index contributed by atoms with van der Waals surface area (Å²) in [5, 5.41) is 0. The van der Waals surface area contributed by atoms with Gasteiger partial charge in [-0.2, -0.15) is 0 Å². The molecule has 1 unspecified atom stereocenters. The van der Waals surface area contributed by atoms with Gasteiger partial charge in [-0.05, 0) is 19.1 Å². The summed E-state index contributed by atoms with van der Waals surface area (Å²) in [4.78, 5) is 2.08. The van der Waals surface area contributed by atoms with Gasteiger partial charge in [0.1, 0.15) is 23.5 Å². The third-order valence-electron chi connectivity index (χ3n) is 2.41. The van der Waals surface area contributed by atoms with Crippen LogP contribution in [0.15, 0.2) is 30.3 Å². The molecular weight excluding hydrogens is 256 g/mol. The molecule has 2 aromatic rings. The number of rotatable bonds is 4. The zero-order valence-corrected chi connectivity index (χ0v) is 10.6. The minimum Gasteiger partial charge on any atom is -0.483 e. The molecule has 1 aromatic carbocycles. The van der Waals surface area contributed by atoms with Crippen LogP contribution in [-0.4, -0.2) is 6.54 Å². The predicted molar refractivity (Wildman–Crippen MR) is 67.8 cm³/mol. The Morgan fingerprint density at radius 2 is 1.89 bits per heavy atom. The molecule has 1 atom stereocenters. The highest BCUT2D eigenvalue weighted by atomic mass is 32.1. The summed E-state index contributed by atoms with van der Waals surface area (Å²) < 4.78 is 31.6. The van der Waals surface area contributed by atoms with Crippen molar-refractivity contribution < 1.29 is 13.5 Å². The first-order valence-corrected chi connectivity index (χ1v) is 6.29. The molecule has 0 saturated heterocycles. The van der Waals surface area contributed by atoms with E-state index < -0.39 is 11.6 Å². The summed E-state index contributed by atoms with van der Waals surface area (Å²) >= 11 is 1.56. The molecule has 0 aliphatic heterocycles. The maximum Gasteiger partial charge on any atom is 0.145 e. The second kappa shape index (κ2) is 5.46. The molecule has 1 heterocycles. The van der Waals surface area contributed by atoms with Crippen LogP contribution in [0.1, 0.15) is 15.9 Å². The third kappa shape index (κ3) is 3.05. The normalized spacial score (nSPS) is 12.4. The molecule has 2 nitrogen and oxygen atoms in total. The van der Waals surface area contributed by atoms with Gasteiger partial charge in [0, 0.05) is 34.5 Å². The minimum absolute atomic E-state index is 0.147. The van der Waals surface area contributed by atoms with Crippen LogP contribution >= 0.6 is 11.3 Å². The molecule has 0 amide bonds. The fraction of sp³-hybridized carbons (Fsp3) is 0.231. The van der Waals surface area contributed by atoms with Gasteiger partial charge in [0.2, 0.25) is 0 Å². The van der Waals surface area contributed by atoms with E-state index in [9.17, 15) is 8.78 Å². The van der Waals surface area contributed by atoms with E-state index in [0.717, 1.165) is 28.0 Å². The number of nitrogens with two attached hydrogens (primary N) is 1. The second-order valence-electron chi connectivity index (χ2n) is 3.90. The molecule has 0 spiro atoms. The Kier molecular flexibility index (Phi) is 3.93. The van der Waals surface area contributed by atoms with Crippen molar-refractivity contribution in [3.63, 3.8) is 0 Å². The Labute approximate surface area is 108 Å². The largest absolute Gasteiger partial charge is 0.483 e. The van der Waals surface area contributed by atoms with Crippen LogP contribution < -0.4 is 10.5 Å². The summed E-state index contributed by atoms with van der Waals surface area (Å²) in [5.41, 5.74) is 5.63. The highest BCUT2D eigenvalue weighted by molar-refractivity contribution is 7.12. The third-order valence-corrected chi connectivity index (χ3v) is 3.50. The number of aryl methyl sites for hydroxylation is 1. The standard InChI is InChI=1S/C13H13F2NOS/c1-8-2-3-13(18-8)12(7-16)17-11-5-9(14)4-10(15)6-11/h2-6,12H,7,16H2,1H3. The van der Waals surface area contributed by atoms with E-state index in [1.807, 2.05) is 19.1 Å². The average molecular weight is 269 g/mol. The first-order chi connectivity index (χ1) is 8.58. The quantitative estimate of drug-likeness (QED) is 0.923. The van der Waals surface area contributed by atoms with Crippen molar-refractivity contribution in [3.05, 3.63) is 51.7 Å². The van der Waals surface area contributed by atoms with Gasteiger partial charge >= 0.3 is 0 Å². The monoisotopic (exact) mass is 269 g/mol. The Balaban J connectivity index is 2.20. The number of benzene rings is 1. The summed E-state index contributed by atoms with van der Waals surface area (Å²) in [6.07, 6.45) is -0.384. The second-order valence-corrected chi connectivity index (χ2v) is 5.22. The lowest BCUT2D eigenvalue weighted by Gasteiger charge is -2.16. The van der Waals surface area contributed by atoms with Crippen LogP contribution in [0, 0.1) is 18.6 Å². The van der Waals surface area contributed by atoms with E-state index in [2.05, 4.69) is 0 Å². The van der Waals surface area contributed by atoms with Gasteiger partial charge < -0.3 is 10.5 Å². The molecule has 18 heavy (non-hydrogen) atoms. The molecule has 0 radical (unpaired) electrons. The van der Waals surface area contributed by atoms with E-state index in [1.54, 1.807) is 11.3 Å². The molecular formula is C13H13F2NOS. The van der Waals surface area contributed by atoms with Gasteiger partial charge in [-0.15, -0.1) is 11.3 Å². The Hall–Kier alpha value is -1.46. The highest BCUT2D eigenvalue weighted by Gasteiger charge is 2.14. The Morgan fingerprint density at radius 1 is 1.22 bits per heavy atom. The maximum atomic E-state index is 13.0. The van der Waals surface area contributed by atoms with Gasteiger partial charge in [-0.25, -0.2) is 8.78 Å². The smallest absolute Gasteiger partial charge is 0.145 e. The van der Waals surface area contributed by atoms with E-state index in [-0.39, 0.29) is 18.4 Å². The summed E-state index contributed by atoms with van der Waals surface area (Å²) in [6.45, 7) is 2.22. The lowest BCUT2D eigenvalue weighted by atomic mass is 10.2. The maximum absolute atomic E-state index is 13.0. The topological polar surface area (TPSA) is 35.2 Å². The van der Waals surface area contributed by atoms with Crippen molar-refractivity contribution in [2.75, 3.05) is 6.54 Å². The first kappa shape index (κ1) is 13.0. The van der Waals surface area contributed by atoms with E-state index in [1.165, 1.54) is 0 Å². The van der Waals surface area contributed by atoms with Gasteiger partial charge in [-0.3, -0.25) is 0 Å². The van der Waals surface area contributed by atoms with Crippen LogP contribution in [0.5, 0.6) is 5.75 Å². The van der Waals surface area contributed by atoms with Gasteiger partial charge in [0.05, 0.1) is 0 Å². The van der Waals surface area contributed by atoms with Crippen molar-refractivity contribution >= 4 is 11.3 Å². The molecule has 5 heteroatoms. The van der Waals surface area contributed by atoms with Gasteiger partial charge in [0.25, 0.3) is 0 Å². The van der Waals surface area contributed by atoms with Crippen molar-refractivity contribution in [2.24, 2.45) is 5.73 Å². The van der Waals surface area contributed by atoms with Crippen LogP contribution in [0.3, 0.4) is 0 Å². The van der Waals surface area contributed by atoms with Crippen LogP contribution in [-0.2, 0) is 0 Å². The zero-order valence-electron chi connectivity index (χ0n) is 9.82. The molecule has 0 saturated carbocycles. The fourth-order valence-corrected chi connectivity index (χ4v) is 2.53. The van der Waals surface area contributed by atoms with Crippen molar-refractivity contribution in [2.45, 2.75) is 13.0 Å². The predicted octanol–water partition coefficient (Wildman–Crippen LogP) is 3.41. The van der Waals surface area contributed by atoms with Crippen LogP contribution in [0.2, 0.25) is 0 Å². The van der Waals surface area contributed by atoms with Crippen molar-refractivity contribution in [1.29, 1.82) is 0 Å². The van der Waals surface area contributed by atoms with Gasteiger partial charge in [0.15, 0.2) is 0 Å². The summed E-state index contributed by atoms with van der Waals surface area (Å²) in [6, 6.07) is 6.96. The lowest BCUT2D eigenvalue weighted by Crippen LogP contribution is -2.17. The fourth-order valence-electron chi connectivity index (χ4n) is 1.61. The molecule has 0 aliphatic carbocycles. The van der Waals surface area contributed by atoms with Crippen LogP contribution in [0.4, 0.5) is 8.78 Å². The highest BCUT2D eigenvalue weighted by Crippen LogP contribution is 2.27. The molecule has 2 rings (SSSR count). The minimum atomic E-state index is -0.664. The average Bonchev–Trinajstić information content (AvgIpc) is 2.71. The number of thiophene rings is 1. The van der Waals surface area contributed by atoms with E-state index >= 15 is 0 Å². The zero-order chi connectivity index (χ0) is 13.1. The van der Waals surface area contributed by atoms with Crippen molar-refractivity contribution in [1.82, 2.24) is 0 Å². The van der Waals surface area contributed by atoms with Crippen LogP contribution in [0.25, 0.3) is 0 Å². The van der Waals surface area contributed by atoms with Crippen molar-refractivity contribution in [3.8, 4) is 5.75 Å². The van der Waals surface area contributed by atoms with E-state index in [0.29, 0.717) is 0 Å². The number of ether oxygens (including phenoxy) is 1. The Bertz CT molecular complexity index is 521. The summed E-state index contributed by atoms with van der Waals surface area (Å²) in [7, 11) is 0. The number of hydrogen-bond acceptors (Lipinski definition) is 3. The molecule has 96 valence electrons. The molecule has 0 aliphatic rings. The molecule has 2 N–H and O–H groups in total. The Morgan fingerprint density at radius 3 is 2.39 bits per heavy atom. The SMILES string of the molecule is Cc1ccc(C(CN)Oc2cc(F)cc(F)c2)s1. The lowest BCUT2D eigenvalue weighted by molar-refractivity contribution is 0.216. The first-order valence-electron chi connectivity index (χ1n) is 5.47. The number of halogens is 2.